The van der Waals surface area contributed by atoms with Gasteiger partial charge in [0.1, 0.15) is 5.75 Å². The highest BCUT2D eigenvalue weighted by molar-refractivity contribution is 6.32. The van der Waals surface area contributed by atoms with E-state index in [0.717, 1.165) is 18.4 Å². The normalized spacial score (nSPS) is 15.5. The maximum atomic E-state index is 13.1. The third-order valence-electron chi connectivity index (χ3n) is 4.93. The van der Waals surface area contributed by atoms with E-state index in [1.807, 2.05) is 0 Å². The fourth-order valence-electron chi connectivity index (χ4n) is 3.52. The zero-order valence-electron chi connectivity index (χ0n) is 14.3. The van der Waals surface area contributed by atoms with E-state index in [1.165, 1.54) is 19.2 Å². The van der Waals surface area contributed by atoms with Gasteiger partial charge in [0.2, 0.25) is 5.91 Å². The van der Waals surface area contributed by atoms with Gasteiger partial charge in [0.25, 0.3) is 5.69 Å². The molecule has 0 atom stereocenters. The van der Waals surface area contributed by atoms with E-state index in [-0.39, 0.29) is 11.6 Å². The van der Waals surface area contributed by atoms with Gasteiger partial charge in [-0.15, -0.1) is 0 Å². The maximum Gasteiger partial charge on any atom is 0.269 e. The largest absolute Gasteiger partial charge is 0.495 e. The summed E-state index contributed by atoms with van der Waals surface area (Å²) >= 11 is 6.13. The second kappa shape index (κ2) is 7.33. The summed E-state index contributed by atoms with van der Waals surface area (Å²) in [5.41, 5.74) is 0.734. The second-order valence-electron chi connectivity index (χ2n) is 6.40. The Balaban J connectivity index is 1.88. The molecule has 1 saturated carbocycles. The number of halogens is 1. The Labute approximate surface area is 156 Å². The van der Waals surface area contributed by atoms with Crippen molar-refractivity contribution in [2.24, 2.45) is 0 Å². The number of rotatable bonds is 5. The molecule has 7 heteroatoms. The van der Waals surface area contributed by atoms with Crippen molar-refractivity contribution in [2.45, 2.75) is 31.1 Å². The van der Waals surface area contributed by atoms with E-state index < -0.39 is 10.3 Å². The van der Waals surface area contributed by atoms with Crippen molar-refractivity contribution in [1.82, 2.24) is 0 Å². The predicted octanol–water partition coefficient (Wildman–Crippen LogP) is 4.71. The number of benzene rings is 2. The maximum absolute atomic E-state index is 13.1. The van der Waals surface area contributed by atoms with Crippen LogP contribution >= 0.6 is 11.6 Å². The Morgan fingerprint density at radius 2 is 1.85 bits per heavy atom. The summed E-state index contributed by atoms with van der Waals surface area (Å²) in [6.07, 6.45) is 3.29. The summed E-state index contributed by atoms with van der Waals surface area (Å²) in [6, 6.07) is 11.4. The molecule has 1 aliphatic rings. The summed E-state index contributed by atoms with van der Waals surface area (Å²) < 4.78 is 5.12. The fraction of sp³-hybridized carbons (Fsp3) is 0.316. The van der Waals surface area contributed by atoms with Gasteiger partial charge in [-0.3, -0.25) is 14.9 Å². The van der Waals surface area contributed by atoms with E-state index in [1.54, 1.807) is 30.3 Å². The first kappa shape index (κ1) is 18.2. The molecular formula is C19H19ClN2O4. The van der Waals surface area contributed by atoms with Crippen LogP contribution in [0, 0.1) is 10.1 Å². The van der Waals surface area contributed by atoms with Crippen LogP contribution in [0.3, 0.4) is 0 Å². The molecule has 2 aromatic carbocycles. The molecule has 0 unspecified atom stereocenters. The summed E-state index contributed by atoms with van der Waals surface area (Å²) in [6.45, 7) is 0. The van der Waals surface area contributed by atoms with Crippen LogP contribution in [0.15, 0.2) is 42.5 Å². The smallest absolute Gasteiger partial charge is 0.269 e. The molecule has 26 heavy (non-hydrogen) atoms. The second-order valence-corrected chi connectivity index (χ2v) is 6.80. The van der Waals surface area contributed by atoms with Gasteiger partial charge < -0.3 is 10.1 Å². The summed E-state index contributed by atoms with van der Waals surface area (Å²) in [5, 5.41) is 14.2. The molecule has 136 valence electrons. The number of nitrogens with zero attached hydrogens (tertiary/aromatic N) is 1. The predicted molar refractivity (Wildman–Crippen MR) is 99.9 cm³/mol. The third kappa shape index (κ3) is 3.37. The van der Waals surface area contributed by atoms with Crippen LogP contribution in [-0.2, 0) is 10.2 Å². The Morgan fingerprint density at radius 3 is 2.38 bits per heavy atom. The van der Waals surface area contributed by atoms with E-state index >= 15 is 0 Å². The van der Waals surface area contributed by atoms with Gasteiger partial charge in [-0.1, -0.05) is 36.6 Å². The molecule has 0 heterocycles. The van der Waals surface area contributed by atoms with E-state index in [2.05, 4.69) is 5.32 Å². The summed E-state index contributed by atoms with van der Waals surface area (Å²) in [4.78, 5) is 23.5. The lowest BCUT2D eigenvalue weighted by atomic mass is 9.78. The number of hydrogen-bond acceptors (Lipinski definition) is 4. The molecule has 6 nitrogen and oxygen atoms in total. The zero-order valence-corrected chi connectivity index (χ0v) is 15.1. The number of ether oxygens (including phenoxy) is 1. The lowest BCUT2D eigenvalue weighted by Gasteiger charge is -2.28. The number of methoxy groups -OCH3 is 1. The van der Waals surface area contributed by atoms with Crippen molar-refractivity contribution in [1.29, 1.82) is 0 Å². The Hall–Kier alpha value is -2.60. The van der Waals surface area contributed by atoms with Gasteiger partial charge in [0, 0.05) is 17.8 Å². The average molecular weight is 375 g/mol. The molecule has 3 rings (SSSR count). The number of amides is 1. The summed E-state index contributed by atoms with van der Waals surface area (Å²) in [7, 11) is 1.53. The number of nitrogens with one attached hydrogen (secondary N) is 1. The third-order valence-corrected chi connectivity index (χ3v) is 5.23. The van der Waals surface area contributed by atoms with Crippen molar-refractivity contribution in [3.63, 3.8) is 0 Å². The molecule has 1 aliphatic carbocycles. The molecule has 1 amide bonds. The molecule has 1 fully saturated rings. The first-order chi connectivity index (χ1) is 12.5. The molecular weight excluding hydrogens is 356 g/mol. The number of nitro groups is 1. The molecule has 0 aliphatic heterocycles. The van der Waals surface area contributed by atoms with E-state index in [9.17, 15) is 14.9 Å². The molecule has 1 N–H and O–H groups in total. The molecule has 0 bridgehead atoms. The molecule has 0 saturated heterocycles. The molecule has 2 aromatic rings. The van der Waals surface area contributed by atoms with Crippen LogP contribution in [0.25, 0.3) is 0 Å². The van der Waals surface area contributed by atoms with Crippen molar-refractivity contribution >= 4 is 28.9 Å². The summed E-state index contributed by atoms with van der Waals surface area (Å²) in [5.74, 6) is 0.417. The van der Waals surface area contributed by atoms with Gasteiger partial charge in [-0.25, -0.2) is 0 Å². The lowest BCUT2D eigenvalue weighted by molar-refractivity contribution is -0.384. The van der Waals surface area contributed by atoms with Crippen molar-refractivity contribution in [3.8, 4) is 5.75 Å². The van der Waals surface area contributed by atoms with Gasteiger partial charge in [-0.2, -0.15) is 0 Å². The van der Waals surface area contributed by atoms with Crippen molar-refractivity contribution in [3.05, 3.63) is 63.2 Å². The van der Waals surface area contributed by atoms with Gasteiger partial charge >= 0.3 is 0 Å². The quantitative estimate of drug-likeness (QED) is 0.607. The first-order valence-electron chi connectivity index (χ1n) is 8.36. The highest BCUT2D eigenvalue weighted by atomic mass is 35.5. The van der Waals surface area contributed by atoms with Crippen LogP contribution < -0.4 is 10.1 Å². The van der Waals surface area contributed by atoms with Crippen LogP contribution in [0.1, 0.15) is 31.2 Å². The number of carbonyl (C=O) groups is 1. The lowest BCUT2D eigenvalue weighted by Crippen LogP contribution is -2.38. The fourth-order valence-corrected chi connectivity index (χ4v) is 3.78. The van der Waals surface area contributed by atoms with Crippen LogP contribution in [0.5, 0.6) is 5.75 Å². The number of anilines is 1. The minimum Gasteiger partial charge on any atom is -0.495 e. The Bertz CT molecular complexity index is 830. The molecule has 0 radical (unpaired) electrons. The van der Waals surface area contributed by atoms with Gasteiger partial charge in [-0.05, 0) is 36.6 Å². The average Bonchev–Trinajstić information content (AvgIpc) is 3.13. The van der Waals surface area contributed by atoms with Crippen LogP contribution in [-0.4, -0.2) is 17.9 Å². The first-order valence-corrected chi connectivity index (χ1v) is 8.74. The Kier molecular flexibility index (Phi) is 5.13. The van der Waals surface area contributed by atoms with E-state index in [0.29, 0.717) is 29.3 Å². The zero-order chi connectivity index (χ0) is 18.7. The number of non-ortho nitro benzene ring substituents is 1. The number of carbonyl (C=O) groups excluding carboxylic acids is 1. The minimum absolute atomic E-state index is 0.0178. The number of hydrogen-bond donors (Lipinski definition) is 1. The number of nitro benzene ring substituents is 1. The monoisotopic (exact) mass is 374 g/mol. The van der Waals surface area contributed by atoms with E-state index in [4.69, 9.17) is 16.3 Å². The van der Waals surface area contributed by atoms with Crippen LogP contribution in [0.4, 0.5) is 11.4 Å². The van der Waals surface area contributed by atoms with Crippen molar-refractivity contribution < 1.29 is 14.5 Å². The SMILES string of the molecule is COc1ccc(NC(=O)C2(c3ccc([N+](=O)[O-])cc3)CCCC2)cc1Cl. The highest BCUT2D eigenvalue weighted by Gasteiger charge is 2.42. The minimum atomic E-state index is -0.679. The topological polar surface area (TPSA) is 81.5 Å². The molecule has 0 spiro atoms. The van der Waals surface area contributed by atoms with Gasteiger partial charge in [0.15, 0.2) is 0 Å². The van der Waals surface area contributed by atoms with Gasteiger partial charge in [0.05, 0.1) is 22.5 Å². The highest BCUT2D eigenvalue weighted by Crippen LogP contribution is 2.42. The Morgan fingerprint density at radius 1 is 1.19 bits per heavy atom. The van der Waals surface area contributed by atoms with Crippen molar-refractivity contribution in [2.75, 3.05) is 12.4 Å². The molecule has 0 aromatic heterocycles. The van der Waals surface area contributed by atoms with Crippen LogP contribution in [0.2, 0.25) is 5.02 Å². The standard InChI is InChI=1S/C19H19ClN2O4/c1-26-17-9-6-14(12-16(17)20)21-18(23)19(10-2-3-11-19)13-4-7-15(8-5-13)22(24)25/h4-9,12H,2-3,10-11H2,1H3,(H,21,23).